The van der Waals surface area contributed by atoms with Crippen LogP contribution < -0.4 is 20.1 Å². The number of H-pyrrole nitrogens is 1. The summed E-state index contributed by atoms with van der Waals surface area (Å²) < 4.78 is 11.6. The highest BCUT2D eigenvalue weighted by Crippen LogP contribution is 2.27. The van der Waals surface area contributed by atoms with Crippen LogP contribution in [0.5, 0.6) is 11.5 Å². The third kappa shape index (κ3) is 13.5. The molecule has 0 fully saturated rings. The molecular weight excluding hydrogens is 731 g/mol. The molecule has 0 aliphatic carbocycles. The number of hydrogen-bond acceptors (Lipinski definition) is 11. The summed E-state index contributed by atoms with van der Waals surface area (Å²) in [6.45, 7) is 1.08. The van der Waals surface area contributed by atoms with Crippen LogP contribution in [0.2, 0.25) is 0 Å². The number of carbonyl (C=O) groups is 2. The van der Waals surface area contributed by atoms with Gasteiger partial charge in [-0.2, -0.15) is 0 Å². The quantitative estimate of drug-likeness (QED) is 0.0523. The van der Waals surface area contributed by atoms with Gasteiger partial charge in [-0.05, 0) is 72.5 Å². The number of aromatic amines is 1. The average molecular weight is 778 g/mol. The van der Waals surface area contributed by atoms with Crippen molar-refractivity contribution in [2.24, 2.45) is 0 Å². The molecule has 4 heterocycles. The third-order valence-corrected chi connectivity index (χ3v) is 9.68. The van der Waals surface area contributed by atoms with Crippen molar-refractivity contribution in [2.75, 3.05) is 37.9 Å². The highest BCUT2D eigenvalue weighted by molar-refractivity contribution is 7.09. The third-order valence-electron chi connectivity index (χ3n) is 8.74. The van der Waals surface area contributed by atoms with Gasteiger partial charge in [-0.25, -0.2) is 19.9 Å². The molecular formula is C42H47N7O6S. The van der Waals surface area contributed by atoms with E-state index in [0.29, 0.717) is 31.9 Å². The topological polar surface area (TPSA) is 184 Å². The fraction of sp³-hybridized carbons (Fsp3) is 0.286. The van der Waals surface area contributed by atoms with E-state index in [4.69, 9.17) is 14.6 Å². The van der Waals surface area contributed by atoms with Crippen LogP contribution in [-0.4, -0.2) is 74.4 Å². The van der Waals surface area contributed by atoms with E-state index in [1.54, 1.807) is 18.6 Å². The van der Waals surface area contributed by atoms with Crippen molar-refractivity contribution in [1.82, 2.24) is 24.9 Å². The van der Waals surface area contributed by atoms with E-state index in [2.05, 4.69) is 35.6 Å². The number of benzene rings is 2. The highest BCUT2D eigenvalue weighted by Gasteiger charge is 2.20. The molecule has 0 radical (unpaired) electrons. The maximum atomic E-state index is 11.2. The Hall–Kier alpha value is -6.28. The van der Waals surface area contributed by atoms with Crippen molar-refractivity contribution in [3.63, 3.8) is 0 Å². The number of anilines is 2. The molecule has 56 heavy (non-hydrogen) atoms. The Labute approximate surface area is 330 Å². The van der Waals surface area contributed by atoms with E-state index in [9.17, 15) is 14.7 Å². The maximum Gasteiger partial charge on any atom is 0.304 e. The van der Waals surface area contributed by atoms with E-state index >= 15 is 0 Å². The molecule has 4 aromatic heterocycles. The van der Waals surface area contributed by atoms with Gasteiger partial charge in [-0.15, -0.1) is 11.3 Å². The van der Waals surface area contributed by atoms with Gasteiger partial charge >= 0.3 is 11.9 Å². The zero-order valence-electron chi connectivity index (χ0n) is 31.4. The standard InChI is InChI=1S/C21H24N4O3.C21H23N3O3S/c1-22-19-4-2-3-17(25-19)9-12-28-18-7-5-15(6-8-18)13-16(14-20(26)27)21-23-10-11-24-21;1-22-19-4-2-3-17(24-19)9-11-27-18-7-5-15(6-8-18)13-16(14-20(25)26)21-23-10-12-28-21/h2-8,10-11,16H,9,12-14H2,1H3,(H,22,25)(H,23,24)(H,26,27);2-8,10,12,16H,9,11,13-14H2,1H3,(H,22,24)(H,25,26)/t;16-/m.0/s1. The molecule has 0 spiro atoms. The monoisotopic (exact) mass is 777 g/mol. The van der Waals surface area contributed by atoms with E-state index in [1.165, 1.54) is 11.3 Å². The smallest absolute Gasteiger partial charge is 0.304 e. The molecule has 0 saturated carbocycles. The van der Waals surface area contributed by atoms with Crippen LogP contribution in [0.1, 0.15) is 58.0 Å². The first-order chi connectivity index (χ1) is 27.3. The number of hydrogen-bond donors (Lipinski definition) is 5. The lowest BCUT2D eigenvalue weighted by Crippen LogP contribution is -2.11. The molecule has 5 N–H and O–H groups in total. The lowest BCUT2D eigenvalue weighted by Gasteiger charge is -2.13. The zero-order chi connectivity index (χ0) is 39.5. The molecule has 0 aliphatic heterocycles. The van der Waals surface area contributed by atoms with Gasteiger partial charge in [0, 0.05) is 74.1 Å². The summed E-state index contributed by atoms with van der Waals surface area (Å²) in [5.41, 5.74) is 4.05. The van der Waals surface area contributed by atoms with Crippen molar-refractivity contribution in [2.45, 2.75) is 50.4 Å². The van der Waals surface area contributed by atoms with Crippen LogP contribution in [-0.2, 0) is 35.3 Å². The number of ether oxygens (including phenoxy) is 2. The zero-order valence-corrected chi connectivity index (χ0v) is 32.2. The van der Waals surface area contributed by atoms with E-state index in [1.807, 2.05) is 104 Å². The number of aromatic nitrogens is 5. The molecule has 1 unspecified atom stereocenters. The SMILES string of the molecule is CNc1cccc(CCOc2ccc(CC(CC(=O)O)c3ncc[nH]3)cc2)n1.CNc1cccc(CCOc2ccc(C[C@@H](CC(=O)O)c3nccs3)cc2)n1. The molecule has 0 aliphatic rings. The van der Waals surface area contributed by atoms with Crippen LogP contribution in [0.25, 0.3) is 0 Å². The highest BCUT2D eigenvalue weighted by atomic mass is 32.1. The normalized spacial score (nSPS) is 11.8. The summed E-state index contributed by atoms with van der Waals surface area (Å²) in [4.78, 5) is 42.8. The lowest BCUT2D eigenvalue weighted by atomic mass is 9.95. The van der Waals surface area contributed by atoms with Gasteiger partial charge in [-0.1, -0.05) is 36.4 Å². The molecule has 13 nitrogen and oxygen atoms in total. The Kier molecular flexibility index (Phi) is 15.8. The van der Waals surface area contributed by atoms with Gasteiger partial charge in [0.1, 0.15) is 29.0 Å². The molecule has 6 rings (SSSR count). The molecule has 6 aromatic rings. The summed E-state index contributed by atoms with van der Waals surface area (Å²) in [7, 11) is 3.69. The molecule has 0 saturated heterocycles. The molecule has 14 heteroatoms. The fourth-order valence-electron chi connectivity index (χ4n) is 5.95. The number of imidazole rings is 1. The second-order valence-electron chi connectivity index (χ2n) is 12.9. The van der Waals surface area contributed by atoms with Crippen LogP contribution in [0, 0.1) is 0 Å². The molecule has 2 atom stereocenters. The van der Waals surface area contributed by atoms with Crippen molar-refractivity contribution in [3.8, 4) is 11.5 Å². The first kappa shape index (κ1) is 40.9. The Morgan fingerprint density at radius 1 is 0.696 bits per heavy atom. The Balaban J connectivity index is 0.000000214. The minimum absolute atomic E-state index is 0.0322. The second kappa shape index (κ2) is 21.6. The minimum atomic E-state index is -0.836. The summed E-state index contributed by atoms with van der Waals surface area (Å²) >= 11 is 1.50. The first-order valence-corrected chi connectivity index (χ1v) is 19.2. The molecule has 0 bridgehead atoms. The lowest BCUT2D eigenvalue weighted by molar-refractivity contribution is -0.138. The number of aliphatic carboxylic acids is 2. The Bertz CT molecular complexity index is 1910. The van der Waals surface area contributed by atoms with Crippen LogP contribution in [0.15, 0.2) is 109 Å². The number of nitrogens with zero attached hydrogens (tertiary/aromatic N) is 4. The van der Waals surface area contributed by atoms with Crippen molar-refractivity contribution < 1.29 is 29.3 Å². The van der Waals surface area contributed by atoms with Gasteiger partial charge in [0.05, 0.1) is 31.1 Å². The van der Waals surface area contributed by atoms with Crippen molar-refractivity contribution >= 4 is 34.9 Å². The summed E-state index contributed by atoms with van der Waals surface area (Å²) in [6.07, 6.45) is 7.85. The van der Waals surface area contributed by atoms with Crippen LogP contribution in [0.3, 0.4) is 0 Å². The van der Waals surface area contributed by atoms with Crippen molar-refractivity contribution in [3.05, 3.63) is 142 Å². The van der Waals surface area contributed by atoms with E-state index in [0.717, 1.165) is 63.5 Å². The van der Waals surface area contributed by atoms with Gasteiger partial charge in [0.25, 0.3) is 0 Å². The number of carboxylic acids is 2. The Morgan fingerprint density at radius 3 is 1.66 bits per heavy atom. The minimum Gasteiger partial charge on any atom is -0.493 e. The molecule has 0 amide bonds. The van der Waals surface area contributed by atoms with Crippen molar-refractivity contribution in [1.29, 1.82) is 0 Å². The first-order valence-electron chi connectivity index (χ1n) is 18.3. The number of carboxylic acid groups (broad SMARTS) is 2. The largest absolute Gasteiger partial charge is 0.493 e. The van der Waals surface area contributed by atoms with Gasteiger partial charge < -0.3 is 35.3 Å². The number of rotatable bonds is 20. The van der Waals surface area contributed by atoms with Gasteiger partial charge in [-0.3, -0.25) is 9.59 Å². The maximum absolute atomic E-state index is 11.2. The summed E-state index contributed by atoms with van der Waals surface area (Å²) in [6, 6.07) is 27.3. The van der Waals surface area contributed by atoms with E-state index in [-0.39, 0.29) is 24.7 Å². The van der Waals surface area contributed by atoms with Gasteiger partial charge in [0.2, 0.25) is 0 Å². The number of pyridine rings is 2. The fourth-order valence-corrected chi connectivity index (χ4v) is 6.69. The second-order valence-corrected chi connectivity index (χ2v) is 13.8. The summed E-state index contributed by atoms with van der Waals surface area (Å²) in [5, 5.41) is 27.1. The molecule has 2 aromatic carbocycles. The predicted octanol–water partition coefficient (Wildman–Crippen LogP) is 7.27. The summed E-state index contributed by atoms with van der Waals surface area (Å²) in [5.74, 6) is 2.00. The number of nitrogens with one attached hydrogen (secondary N) is 3. The Morgan fingerprint density at radius 2 is 1.21 bits per heavy atom. The van der Waals surface area contributed by atoms with Crippen LogP contribution in [0.4, 0.5) is 11.6 Å². The predicted molar refractivity (Wildman–Crippen MR) is 217 cm³/mol. The number of thiazole rings is 1. The van der Waals surface area contributed by atoms with E-state index < -0.39 is 11.9 Å². The van der Waals surface area contributed by atoms with Crippen LogP contribution >= 0.6 is 11.3 Å². The molecule has 292 valence electrons. The average Bonchev–Trinajstić information content (AvgIpc) is 3.95. The van der Waals surface area contributed by atoms with Gasteiger partial charge in [0.15, 0.2) is 0 Å².